The first-order valence-electron chi connectivity index (χ1n) is 9.04. The Bertz CT molecular complexity index is 993. The second-order valence-corrected chi connectivity index (χ2v) is 7.78. The molecule has 10 heteroatoms. The standard InChI is InChI=1S/C19H18ClFN6OS/c20-15-4-1-3-14(16(15)21)17(28)27-9-7-26(8-10-27)11-13-12-29-19(24-13)25-18-22-5-2-6-23-18/h1-6,12H,7-11H2,(H,22,23,24,25). The molecule has 2 aromatic heterocycles. The largest absolute Gasteiger partial charge is 0.336 e. The van der Waals surface area contributed by atoms with Gasteiger partial charge in [-0.3, -0.25) is 9.69 Å². The Labute approximate surface area is 176 Å². The number of rotatable bonds is 5. The Morgan fingerprint density at radius 3 is 2.69 bits per heavy atom. The summed E-state index contributed by atoms with van der Waals surface area (Å²) in [6.45, 7) is 3.11. The minimum atomic E-state index is -0.661. The predicted molar refractivity (Wildman–Crippen MR) is 110 cm³/mol. The van der Waals surface area contributed by atoms with Gasteiger partial charge in [0.2, 0.25) is 5.95 Å². The molecule has 1 amide bonds. The van der Waals surface area contributed by atoms with Gasteiger partial charge in [-0.25, -0.2) is 19.3 Å². The maximum atomic E-state index is 14.1. The van der Waals surface area contributed by atoms with E-state index in [-0.39, 0.29) is 16.5 Å². The fraction of sp³-hybridized carbons (Fsp3) is 0.263. The summed E-state index contributed by atoms with van der Waals surface area (Å²) in [6, 6.07) is 6.25. The van der Waals surface area contributed by atoms with Gasteiger partial charge in [0.05, 0.1) is 16.3 Å². The summed E-state index contributed by atoms with van der Waals surface area (Å²) in [6.07, 6.45) is 3.33. The first-order valence-corrected chi connectivity index (χ1v) is 10.3. The van der Waals surface area contributed by atoms with Gasteiger partial charge < -0.3 is 10.2 Å². The minimum absolute atomic E-state index is 0.0179. The molecule has 0 aliphatic carbocycles. The molecule has 0 spiro atoms. The second kappa shape index (κ2) is 8.81. The zero-order valence-electron chi connectivity index (χ0n) is 15.4. The van der Waals surface area contributed by atoms with Crippen molar-refractivity contribution in [2.75, 3.05) is 31.5 Å². The third kappa shape index (κ3) is 4.69. The molecule has 0 saturated carbocycles. The predicted octanol–water partition coefficient (Wildman–Crippen LogP) is 3.43. The summed E-state index contributed by atoms with van der Waals surface area (Å²) in [5.74, 6) is -0.479. The summed E-state index contributed by atoms with van der Waals surface area (Å²) in [4.78, 5) is 29.3. The monoisotopic (exact) mass is 432 g/mol. The van der Waals surface area contributed by atoms with E-state index in [9.17, 15) is 9.18 Å². The lowest BCUT2D eigenvalue weighted by Gasteiger charge is -2.34. The van der Waals surface area contributed by atoms with Crippen molar-refractivity contribution in [2.24, 2.45) is 0 Å². The molecule has 1 aromatic carbocycles. The summed E-state index contributed by atoms with van der Waals surface area (Å²) >= 11 is 7.28. The number of hydrogen-bond acceptors (Lipinski definition) is 7. The fourth-order valence-electron chi connectivity index (χ4n) is 3.07. The Kier molecular flexibility index (Phi) is 5.98. The SMILES string of the molecule is O=C(c1cccc(Cl)c1F)N1CCN(Cc2csc(Nc3ncccn3)n2)CC1. The number of piperazine rings is 1. The number of aromatic nitrogens is 3. The Morgan fingerprint density at radius 2 is 1.93 bits per heavy atom. The lowest BCUT2D eigenvalue weighted by molar-refractivity contribution is 0.0623. The average molecular weight is 433 g/mol. The van der Waals surface area contributed by atoms with Gasteiger partial charge >= 0.3 is 0 Å². The van der Waals surface area contributed by atoms with Crippen LogP contribution in [0.1, 0.15) is 16.1 Å². The topological polar surface area (TPSA) is 74.2 Å². The van der Waals surface area contributed by atoms with Crippen LogP contribution in [0.2, 0.25) is 5.02 Å². The molecular weight excluding hydrogens is 415 g/mol. The van der Waals surface area contributed by atoms with Crippen LogP contribution in [0.5, 0.6) is 0 Å². The molecule has 1 fully saturated rings. The third-order valence-electron chi connectivity index (χ3n) is 4.56. The molecule has 3 aromatic rings. The van der Waals surface area contributed by atoms with Crippen LogP contribution in [0.4, 0.5) is 15.5 Å². The van der Waals surface area contributed by atoms with Crippen LogP contribution in [0.15, 0.2) is 42.0 Å². The van der Waals surface area contributed by atoms with E-state index in [4.69, 9.17) is 11.6 Å². The lowest BCUT2D eigenvalue weighted by Crippen LogP contribution is -2.48. The third-order valence-corrected chi connectivity index (χ3v) is 5.66. The molecule has 4 rings (SSSR count). The summed E-state index contributed by atoms with van der Waals surface area (Å²) in [7, 11) is 0. The van der Waals surface area contributed by atoms with Crippen molar-refractivity contribution in [3.8, 4) is 0 Å². The summed E-state index contributed by atoms with van der Waals surface area (Å²) < 4.78 is 14.1. The van der Waals surface area contributed by atoms with Crippen LogP contribution in [0.3, 0.4) is 0 Å². The van der Waals surface area contributed by atoms with Crippen molar-refractivity contribution < 1.29 is 9.18 Å². The molecule has 0 atom stereocenters. The smallest absolute Gasteiger partial charge is 0.256 e. The highest BCUT2D eigenvalue weighted by molar-refractivity contribution is 7.13. The van der Waals surface area contributed by atoms with Crippen molar-refractivity contribution >= 4 is 39.9 Å². The number of carbonyl (C=O) groups excluding carboxylic acids is 1. The number of benzene rings is 1. The van der Waals surface area contributed by atoms with Crippen molar-refractivity contribution in [3.05, 3.63) is 64.1 Å². The van der Waals surface area contributed by atoms with Crippen LogP contribution in [-0.4, -0.2) is 56.8 Å². The van der Waals surface area contributed by atoms with E-state index >= 15 is 0 Å². The molecule has 0 radical (unpaired) electrons. The van der Waals surface area contributed by atoms with Gasteiger partial charge in [0.15, 0.2) is 10.9 Å². The van der Waals surface area contributed by atoms with E-state index in [2.05, 4.69) is 25.2 Å². The summed E-state index contributed by atoms with van der Waals surface area (Å²) in [5, 5.41) is 5.76. The molecule has 1 N–H and O–H groups in total. The van der Waals surface area contributed by atoms with Gasteiger partial charge in [-0.2, -0.15) is 0 Å². The summed E-state index contributed by atoms with van der Waals surface area (Å²) in [5.41, 5.74) is 0.957. The zero-order chi connectivity index (χ0) is 20.2. The minimum Gasteiger partial charge on any atom is -0.336 e. The lowest BCUT2D eigenvalue weighted by atomic mass is 10.1. The fourth-order valence-corrected chi connectivity index (χ4v) is 3.94. The van der Waals surface area contributed by atoms with Crippen molar-refractivity contribution in [1.29, 1.82) is 0 Å². The molecule has 3 heterocycles. The Hall–Kier alpha value is -2.62. The number of carbonyl (C=O) groups is 1. The number of nitrogens with one attached hydrogen (secondary N) is 1. The van der Waals surface area contributed by atoms with Crippen molar-refractivity contribution in [2.45, 2.75) is 6.54 Å². The number of halogens is 2. The van der Waals surface area contributed by atoms with E-state index in [0.717, 1.165) is 10.8 Å². The molecule has 150 valence electrons. The van der Waals surface area contributed by atoms with E-state index in [1.807, 2.05) is 5.38 Å². The maximum absolute atomic E-state index is 14.1. The number of nitrogens with zero attached hydrogens (tertiary/aromatic N) is 5. The zero-order valence-corrected chi connectivity index (χ0v) is 17.0. The molecule has 1 aliphatic rings. The van der Waals surface area contributed by atoms with Gasteiger partial charge in [0, 0.05) is 50.5 Å². The average Bonchev–Trinajstić information content (AvgIpc) is 3.17. The highest BCUT2D eigenvalue weighted by Crippen LogP contribution is 2.22. The van der Waals surface area contributed by atoms with E-state index < -0.39 is 5.82 Å². The van der Waals surface area contributed by atoms with E-state index in [1.54, 1.807) is 29.4 Å². The van der Waals surface area contributed by atoms with Crippen LogP contribution in [0.25, 0.3) is 0 Å². The Balaban J connectivity index is 1.31. The highest BCUT2D eigenvalue weighted by atomic mass is 35.5. The van der Waals surface area contributed by atoms with Gasteiger partial charge in [-0.1, -0.05) is 17.7 Å². The van der Waals surface area contributed by atoms with E-state index in [1.165, 1.54) is 23.5 Å². The first-order chi connectivity index (χ1) is 14.1. The number of hydrogen-bond donors (Lipinski definition) is 1. The van der Waals surface area contributed by atoms with Crippen molar-refractivity contribution in [3.63, 3.8) is 0 Å². The molecule has 1 aliphatic heterocycles. The number of thiazole rings is 1. The second-order valence-electron chi connectivity index (χ2n) is 6.51. The molecule has 1 saturated heterocycles. The van der Waals surface area contributed by atoms with Crippen LogP contribution < -0.4 is 5.32 Å². The van der Waals surface area contributed by atoms with Gasteiger partial charge in [-0.05, 0) is 18.2 Å². The van der Waals surface area contributed by atoms with Crippen LogP contribution >= 0.6 is 22.9 Å². The normalized spacial score (nSPS) is 14.8. The number of anilines is 2. The maximum Gasteiger partial charge on any atom is 0.256 e. The first kappa shape index (κ1) is 19.7. The number of amides is 1. The molecule has 7 nitrogen and oxygen atoms in total. The highest BCUT2D eigenvalue weighted by Gasteiger charge is 2.25. The van der Waals surface area contributed by atoms with Gasteiger partial charge in [0.25, 0.3) is 5.91 Å². The van der Waals surface area contributed by atoms with Crippen LogP contribution in [-0.2, 0) is 6.54 Å². The molecule has 0 bridgehead atoms. The Morgan fingerprint density at radius 1 is 1.17 bits per heavy atom. The molecule has 29 heavy (non-hydrogen) atoms. The van der Waals surface area contributed by atoms with Gasteiger partial charge in [0.1, 0.15) is 0 Å². The van der Waals surface area contributed by atoms with Crippen molar-refractivity contribution in [1.82, 2.24) is 24.8 Å². The van der Waals surface area contributed by atoms with E-state index in [0.29, 0.717) is 38.7 Å². The quantitative estimate of drug-likeness (QED) is 0.665. The van der Waals surface area contributed by atoms with Crippen LogP contribution in [0, 0.1) is 5.82 Å². The molecule has 0 unspecified atom stereocenters. The molecular formula is C19H18ClFN6OS. The van der Waals surface area contributed by atoms with Gasteiger partial charge in [-0.15, -0.1) is 11.3 Å².